The Morgan fingerprint density at radius 3 is 2.82 bits per heavy atom. The third-order valence-corrected chi connectivity index (χ3v) is 2.57. The maximum absolute atomic E-state index is 11.0. The third-order valence-electron chi connectivity index (χ3n) is 2.57. The molecule has 2 N–H and O–H groups in total. The van der Waals surface area contributed by atoms with Crippen molar-refractivity contribution < 1.29 is 29.2 Å². The van der Waals surface area contributed by atoms with Crippen LogP contribution in [0.1, 0.15) is 12.8 Å². The Balaban J connectivity index is 1.94. The minimum absolute atomic E-state index is 0.171. The molecule has 0 aromatic carbocycles. The summed E-state index contributed by atoms with van der Waals surface area (Å²) in [6, 6.07) is 0. The van der Waals surface area contributed by atoms with Crippen molar-refractivity contribution in [3.05, 3.63) is 11.5 Å². The first-order chi connectivity index (χ1) is 8.13. The largest absolute Gasteiger partial charge is 0.505 e. The lowest BCUT2D eigenvalue weighted by molar-refractivity contribution is -0.149. The fraction of sp³-hybridized carbons (Fsp3) is 0.545. The maximum Gasteiger partial charge on any atom is 0.377 e. The number of aliphatic hydroxyl groups is 2. The van der Waals surface area contributed by atoms with E-state index in [4.69, 9.17) is 25.7 Å². The second kappa shape index (κ2) is 4.65. The van der Waals surface area contributed by atoms with Crippen molar-refractivity contribution >= 4 is 5.97 Å². The Hall–Kier alpha value is -1.71. The summed E-state index contributed by atoms with van der Waals surface area (Å²) >= 11 is 0. The van der Waals surface area contributed by atoms with Crippen LogP contribution >= 0.6 is 0 Å². The molecule has 1 fully saturated rings. The van der Waals surface area contributed by atoms with Crippen LogP contribution in [0.15, 0.2) is 11.5 Å². The van der Waals surface area contributed by atoms with Gasteiger partial charge in [-0.25, -0.2) is 4.79 Å². The molecule has 17 heavy (non-hydrogen) atoms. The van der Waals surface area contributed by atoms with Crippen LogP contribution in [-0.4, -0.2) is 41.3 Å². The standard InChI is InChI=1S/C11H12O6/c1-2-3-4-7-15-5-6(16-7)10-8(12)9(13)11(14)17-10/h1,6-7,10,12-13H,3-5H2. The number of terminal acetylenes is 1. The molecule has 92 valence electrons. The Morgan fingerprint density at radius 1 is 1.47 bits per heavy atom. The van der Waals surface area contributed by atoms with E-state index in [-0.39, 0.29) is 6.61 Å². The molecule has 6 nitrogen and oxygen atoms in total. The SMILES string of the molecule is C#CCCC1OCC(C2OC(=O)C(O)=C2O)O1. The van der Waals surface area contributed by atoms with Gasteiger partial charge in [0.05, 0.1) is 6.61 Å². The first-order valence-electron chi connectivity index (χ1n) is 5.17. The van der Waals surface area contributed by atoms with Gasteiger partial charge < -0.3 is 24.4 Å². The molecule has 2 heterocycles. The van der Waals surface area contributed by atoms with E-state index in [1.165, 1.54) is 0 Å². The average molecular weight is 240 g/mol. The van der Waals surface area contributed by atoms with Gasteiger partial charge in [0.15, 0.2) is 18.2 Å². The molecule has 3 atom stereocenters. The molecule has 2 aliphatic rings. The van der Waals surface area contributed by atoms with Crippen LogP contribution in [-0.2, 0) is 19.0 Å². The first-order valence-corrected chi connectivity index (χ1v) is 5.17. The van der Waals surface area contributed by atoms with E-state index in [9.17, 15) is 9.90 Å². The molecule has 6 heteroatoms. The molecular weight excluding hydrogens is 228 g/mol. The second-order valence-corrected chi connectivity index (χ2v) is 3.74. The Kier molecular flexibility index (Phi) is 3.22. The normalized spacial score (nSPS) is 32.6. The lowest BCUT2D eigenvalue weighted by Crippen LogP contribution is -2.31. The van der Waals surface area contributed by atoms with Crippen LogP contribution in [0.25, 0.3) is 0 Å². The topological polar surface area (TPSA) is 85.2 Å². The summed E-state index contributed by atoms with van der Waals surface area (Å²) < 4.78 is 15.5. The zero-order valence-corrected chi connectivity index (χ0v) is 8.96. The summed E-state index contributed by atoms with van der Waals surface area (Å²) in [5, 5.41) is 18.6. The van der Waals surface area contributed by atoms with Crippen LogP contribution < -0.4 is 0 Å². The van der Waals surface area contributed by atoms with Crippen molar-refractivity contribution in [1.82, 2.24) is 0 Å². The number of esters is 1. The number of ether oxygens (including phenoxy) is 3. The van der Waals surface area contributed by atoms with E-state index in [0.29, 0.717) is 12.8 Å². The van der Waals surface area contributed by atoms with Gasteiger partial charge in [-0.1, -0.05) is 0 Å². The van der Waals surface area contributed by atoms with Gasteiger partial charge in [0.2, 0.25) is 5.76 Å². The van der Waals surface area contributed by atoms with Crippen LogP contribution in [0.5, 0.6) is 0 Å². The van der Waals surface area contributed by atoms with Crippen LogP contribution in [0, 0.1) is 12.3 Å². The average Bonchev–Trinajstić information content (AvgIpc) is 2.87. The minimum Gasteiger partial charge on any atom is -0.505 e. The van der Waals surface area contributed by atoms with Crippen molar-refractivity contribution in [3.8, 4) is 12.3 Å². The van der Waals surface area contributed by atoms with E-state index in [1.807, 2.05) is 0 Å². The van der Waals surface area contributed by atoms with Gasteiger partial charge in [-0.15, -0.1) is 12.3 Å². The van der Waals surface area contributed by atoms with E-state index < -0.39 is 36.0 Å². The lowest BCUT2D eigenvalue weighted by atomic mass is 10.2. The quantitative estimate of drug-likeness (QED) is 0.548. The number of hydrogen-bond donors (Lipinski definition) is 2. The number of aliphatic hydroxyl groups excluding tert-OH is 2. The molecule has 0 aromatic heterocycles. The summed E-state index contributed by atoms with van der Waals surface area (Å²) in [6.45, 7) is 0.171. The molecule has 0 saturated carbocycles. The highest BCUT2D eigenvalue weighted by atomic mass is 16.7. The number of rotatable bonds is 3. The number of carbonyl (C=O) groups is 1. The Labute approximate surface area is 97.8 Å². The summed E-state index contributed by atoms with van der Waals surface area (Å²) in [6.07, 6.45) is 4.06. The predicted octanol–water partition coefficient (Wildman–Crippen LogP) is 0.394. The lowest BCUT2D eigenvalue weighted by Gasteiger charge is -2.16. The second-order valence-electron chi connectivity index (χ2n) is 3.74. The van der Waals surface area contributed by atoms with Gasteiger partial charge in [0.25, 0.3) is 0 Å². The van der Waals surface area contributed by atoms with Crippen molar-refractivity contribution in [1.29, 1.82) is 0 Å². The molecule has 0 spiro atoms. The van der Waals surface area contributed by atoms with Gasteiger partial charge in [-0.2, -0.15) is 0 Å². The molecule has 0 bridgehead atoms. The van der Waals surface area contributed by atoms with Gasteiger partial charge in [0.1, 0.15) is 6.10 Å². The van der Waals surface area contributed by atoms with E-state index in [2.05, 4.69) is 5.92 Å². The van der Waals surface area contributed by atoms with Gasteiger partial charge in [-0.3, -0.25) is 0 Å². The number of cyclic esters (lactones) is 1. The smallest absolute Gasteiger partial charge is 0.377 e. The monoisotopic (exact) mass is 240 g/mol. The van der Waals surface area contributed by atoms with Crippen molar-refractivity contribution in [3.63, 3.8) is 0 Å². The number of carbonyl (C=O) groups excluding carboxylic acids is 1. The Bertz CT molecular complexity index is 393. The zero-order valence-electron chi connectivity index (χ0n) is 8.96. The molecule has 0 radical (unpaired) electrons. The van der Waals surface area contributed by atoms with Gasteiger partial charge >= 0.3 is 5.97 Å². The zero-order chi connectivity index (χ0) is 12.4. The van der Waals surface area contributed by atoms with Crippen molar-refractivity contribution in [2.45, 2.75) is 31.3 Å². The summed E-state index contributed by atoms with van der Waals surface area (Å²) in [5.74, 6) is 0.217. The highest BCUT2D eigenvalue weighted by molar-refractivity contribution is 5.89. The minimum atomic E-state index is -1.00. The molecule has 0 aliphatic carbocycles. The fourth-order valence-electron chi connectivity index (χ4n) is 1.71. The van der Waals surface area contributed by atoms with Gasteiger partial charge in [-0.05, 0) is 0 Å². The third kappa shape index (κ3) is 2.20. The fourth-order valence-corrected chi connectivity index (χ4v) is 1.71. The predicted molar refractivity (Wildman–Crippen MR) is 54.8 cm³/mol. The van der Waals surface area contributed by atoms with E-state index in [1.54, 1.807) is 0 Å². The van der Waals surface area contributed by atoms with Crippen LogP contribution in [0.3, 0.4) is 0 Å². The molecular formula is C11H12O6. The van der Waals surface area contributed by atoms with Crippen molar-refractivity contribution in [2.75, 3.05) is 6.61 Å². The van der Waals surface area contributed by atoms with E-state index in [0.717, 1.165) is 0 Å². The van der Waals surface area contributed by atoms with Crippen LogP contribution in [0.4, 0.5) is 0 Å². The summed E-state index contributed by atoms with van der Waals surface area (Å²) in [7, 11) is 0. The molecule has 0 aromatic rings. The van der Waals surface area contributed by atoms with Gasteiger partial charge in [0, 0.05) is 12.8 Å². The summed E-state index contributed by atoms with van der Waals surface area (Å²) in [4.78, 5) is 11.0. The first kappa shape index (κ1) is 11.8. The van der Waals surface area contributed by atoms with E-state index >= 15 is 0 Å². The highest BCUT2D eigenvalue weighted by Crippen LogP contribution is 2.28. The molecule has 2 aliphatic heterocycles. The van der Waals surface area contributed by atoms with Crippen molar-refractivity contribution in [2.24, 2.45) is 0 Å². The summed E-state index contributed by atoms with van der Waals surface area (Å²) in [5.41, 5.74) is 0. The molecule has 3 unspecified atom stereocenters. The number of hydrogen-bond acceptors (Lipinski definition) is 6. The molecule has 1 saturated heterocycles. The highest BCUT2D eigenvalue weighted by Gasteiger charge is 2.44. The Morgan fingerprint density at radius 2 is 2.24 bits per heavy atom. The molecule has 2 rings (SSSR count). The molecule has 0 amide bonds. The maximum atomic E-state index is 11.0. The van der Waals surface area contributed by atoms with Crippen LogP contribution in [0.2, 0.25) is 0 Å².